The number of ether oxygens (including phenoxy) is 2. The minimum absolute atomic E-state index is 0.119. The van der Waals surface area contributed by atoms with Gasteiger partial charge >= 0.3 is 5.97 Å². The quantitative estimate of drug-likeness (QED) is 0.202. The molecule has 3 aromatic rings. The topological polar surface area (TPSA) is 158 Å². The molecule has 6 rings (SSSR count). The van der Waals surface area contributed by atoms with Crippen LogP contribution in [0.25, 0.3) is 0 Å². The fourth-order valence-corrected chi connectivity index (χ4v) is 6.74. The fourth-order valence-electron chi connectivity index (χ4n) is 6.74. The lowest BCUT2D eigenvalue weighted by atomic mass is 9.83. The number of nitrogens with zero attached hydrogens (tertiary/aromatic N) is 4. The van der Waals surface area contributed by atoms with E-state index in [1.54, 1.807) is 18.2 Å². The molecule has 0 radical (unpaired) electrons. The molecule has 2 fully saturated rings. The van der Waals surface area contributed by atoms with Crippen molar-refractivity contribution in [3.05, 3.63) is 65.4 Å². The highest BCUT2D eigenvalue weighted by Gasteiger charge is 2.52. The first kappa shape index (κ1) is 29.1. The number of carbonyl (C=O) groups is 1. The van der Waals surface area contributed by atoms with E-state index in [-0.39, 0.29) is 46.5 Å². The van der Waals surface area contributed by atoms with Crippen LogP contribution in [-0.2, 0) is 4.79 Å². The summed E-state index contributed by atoms with van der Waals surface area (Å²) in [5, 5.41) is 27.8. The second-order valence-electron chi connectivity index (χ2n) is 11.5. The Bertz CT molecular complexity index is 1680. The van der Waals surface area contributed by atoms with Gasteiger partial charge in [-0.05, 0) is 67.5 Å². The number of benzene rings is 2. The molecule has 4 unspecified atom stereocenters. The molecule has 0 amide bonds. The molecule has 4 atom stereocenters. The summed E-state index contributed by atoms with van der Waals surface area (Å²) in [5.74, 6) is -4.85. The average Bonchev–Trinajstić information content (AvgIpc) is 3.74. The molecule has 2 aliphatic carbocycles. The summed E-state index contributed by atoms with van der Waals surface area (Å²) in [6.07, 6.45) is 3.52. The van der Waals surface area contributed by atoms with Gasteiger partial charge in [0.1, 0.15) is 17.4 Å². The maximum atomic E-state index is 15.7. The number of aliphatic carboxylic acids is 1. The van der Waals surface area contributed by atoms with Gasteiger partial charge in [-0.3, -0.25) is 15.2 Å². The molecule has 230 valence electrons. The Balaban J connectivity index is 1.35. The number of aromatic hydroxyl groups is 1. The van der Waals surface area contributed by atoms with Gasteiger partial charge in [0.15, 0.2) is 17.3 Å². The van der Waals surface area contributed by atoms with Crippen molar-refractivity contribution < 1.29 is 33.3 Å². The molecule has 2 bridgehead atoms. The number of fused-ring (bicyclic) bond motifs is 2. The SMILES string of the molecule is CN1CCN=C1c1cc(N(C)C2C3CCC(C3)C2C(=O)O)ccc1Oc1c(F)cnc(Oc2cc(C(=N)N)ccc2O)c1F. The van der Waals surface area contributed by atoms with Gasteiger partial charge in [0, 0.05) is 37.9 Å². The number of hydrogen-bond acceptors (Lipinski definition) is 9. The Labute approximate surface area is 252 Å². The Morgan fingerprint density at radius 1 is 1.14 bits per heavy atom. The van der Waals surface area contributed by atoms with E-state index in [4.69, 9.17) is 20.6 Å². The largest absolute Gasteiger partial charge is 0.504 e. The van der Waals surface area contributed by atoms with Crippen molar-refractivity contribution in [2.24, 2.45) is 28.5 Å². The average molecular weight is 607 g/mol. The van der Waals surface area contributed by atoms with Gasteiger partial charge in [0.25, 0.3) is 5.88 Å². The van der Waals surface area contributed by atoms with Crippen LogP contribution in [0, 0.1) is 34.8 Å². The Hall–Kier alpha value is -4.94. The number of halogens is 2. The number of hydrogen-bond donors (Lipinski definition) is 4. The number of likely N-dealkylation sites (N-methyl/N-ethyl adjacent to an activating group) is 1. The first-order valence-electron chi connectivity index (χ1n) is 14.3. The van der Waals surface area contributed by atoms with Crippen molar-refractivity contribution >= 4 is 23.3 Å². The van der Waals surface area contributed by atoms with Crippen LogP contribution in [0.4, 0.5) is 14.5 Å². The van der Waals surface area contributed by atoms with Crippen LogP contribution >= 0.6 is 0 Å². The highest BCUT2D eigenvalue weighted by atomic mass is 19.1. The lowest BCUT2D eigenvalue weighted by molar-refractivity contribution is -0.144. The number of carboxylic acid groups (broad SMARTS) is 1. The molecule has 2 heterocycles. The number of pyridine rings is 1. The summed E-state index contributed by atoms with van der Waals surface area (Å²) in [5.41, 5.74) is 6.94. The van der Waals surface area contributed by atoms with E-state index in [9.17, 15) is 15.0 Å². The van der Waals surface area contributed by atoms with E-state index in [0.717, 1.165) is 31.1 Å². The van der Waals surface area contributed by atoms with E-state index in [2.05, 4.69) is 9.98 Å². The number of nitrogens with two attached hydrogens (primary N) is 1. The third-order valence-corrected chi connectivity index (χ3v) is 8.86. The van der Waals surface area contributed by atoms with Crippen LogP contribution in [0.3, 0.4) is 0 Å². The fraction of sp³-hybridized carbons (Fsp3) is 0.355. The van der Waals surface area contributed by atoms with E-state index >= 15 is 8.78 Å². The van der Waals surface area contributed by atoms with Crippen molar-refractivity contribution in [1.82, 2.24) is 9.88 Å². The highest BCUT2D eigenvalue weighted by molar-refractivity contribution is 6.03. The number of anilines is 1. The Morgan fingerprint density at radius 2 is 1.91 bits per heavy atom. The standard InChI is InChI=1S/C31H32F2N6O5/c1-38-10-9-36-29(38)19-13-18(39(2)26-16-4-3-15(11-16)24(26)31(41)42)6-8-22(19)43-27-20(32)14-37-30(25(27)33)44-23-12-17(28(34)35)5-7-21(23)40/h5-8,12-16,24,26,40H,3-4,9-11H2,1-2H3,(H3,34,35)(H,41,42). The number of nitrogen functional groups attached to an aromatic ring is 1. The van der Waals surface area contributed by atoms with Crippen molar-refractivity contribution in [2.45, 2.75) is 25.3 Å². The third kappa shape index (κ3) is 5.12. The molecular weight excluding hydrogens is 574 g/mol. The lowest BCUT2D eigenvalue weighted by Gasteiger charge is -2.37. The predicted octanol–water partition coefficient (Wildman–Crippen LogP) is 4.56. The summed E-state index contributed by atoms with van der Waals surface area (Å²) in [6, 6.07) is 8.79. The monoisotopic (exact) mass is 606 g/mol. The van der Waals surface area contributed by atoms with Crippen LogP contribution in [-0.4, -0.2) is 71.0 Å². The zero-order valence-corrected chi connectivity index (χ0v) is 24.1. The van der Waals surface area contributed by atoms with Gasteiger partial charge in [-0.15, -0.1) is 0 Å². The summed E-state index contributed by atoms with van der Waals surface area (Å²) in [4.78, 5) is 24.4. The zero-order chi connectivity index (χ0) is 31.3. The molecule has 0 spiro atoms. The maximum absolute atomic E-state index is 15.7. The van der Waals surface area contributed by atoms with Crippen LogP contribution in [0.15, 0.2) is 47.6 Å². The molecule has 13 heteroatoms. The number of rotatable bonds is 9. The molecular formula is C31H32F2N6O5. The van der Waals surface area contributed by atoms with E-state index in [1.807, 2.05) is 23.9 Å². The maximum Gasteiger partial charge on any atom is 0.308 e. The number of carboxylic acids is 1. The van der Waals surface area contributed by atoms with Crippen LogP contribution in [0.5, 0.6) is 28.9 Å². The second-order valence-corrected chi connectivity index (χ2v) is 11.5. The highest BCUT2D eigenvalue weighted by Crippen LogP contribution is 2.51. The molecule has 11 nitrogen and oxygen atoms in total. The van der Waals surface area contributed by atoms with Crippen molar-refractivity contribution in [1.29, 1.82) is 5.41 Å². The van der Waals surface area contributed by atoms with Crippen LogP contribution in [0.2, 0.25) is 0 Å². The minimum Gasteiger partial charge on any atom is -0.504 e. The summed E-state index contributed by atoms with van der Waals surface area (Å²) < 4.78 is 42.0. The molecule has 5 N–H and O–H groups in total. The molecule has 2 saturated carbocycles. The molecule has 3 aliphatic rings. The lowest BCUT2D eigenvalue weighted by Crippen LogP contribution is -2.45. The molecule has 0 saturated heterocycles. The molecule has 44 heavy (non-hydrogen) atoms. The Kier molecular flexibility index (Phi) is 7.48. The van der Waals surface area contributed by atoms with E-state index in [0.29, 0.717) is 24.5 Å². The van der Waals surface area contributed by atoms with Gasteiger partial charge < -0.3 is 35.2 Å². The summed E-state index contributed by atoms with van der Waals surface area (Å²) in [7, 11) is 3.73. The molecule has 2 aromatic carbocycles. The summed E-state index contributed by atoms with van der Waals surface area (Å²) in [6.45, 7) is 1.17. The van der Waals surface area contributed by atoms with Gasteiger partial charge in [-0.25, -0.2) is 9.37 Å². The van der Waals surface area contributed by atoms with E-state index in [1.165, 1.54) is 18.2 Å². The third-order valence-electron chi connectivity index (χ3n) is 8.86. The van der Waals surface area contributed by atoms with Gasteiger partial charge in [-0.2, -0.15) is 4.39 Å². The smallest absolute Gasteiger partial charge is 0.308 e. The minimum atomic E-state index is -1.25. The number of phenolic OH excluding ortho intramolecular Hbond substituents is 1. The number of phenols is 1. The normalized spacial score (nSPS) is 22.2. The molecule has 1 aromatic heterocycles. The van der Waals surface area contributed by atoms with Crippen LogP contribution < -0.4 is 20.1 Å². The first-order valence-corrected chi connectivity index (χ1v) is 14.3. The van der Waals surface area contributed by atoms with Crippen LogP contribution in [0.1, 0.15) is 30.4 Å². The van der Waals surface area contributed by atoms with Crippen molar-refractivity contribution in [3.8, 4) is 28.9 Å². The molecule has 1 aliphatic heterocycles. The van der Waals surface area contributed by atoms with Gasteiger partial charge in [-0.1, -0.05) is 0 Å². The number of amidine groups is 2. The van der Waals surface area contributed by atoms with Gasteiger partial charge in [0.05, 0.1) is 24.2 Å². The van der Waals surface area contributed by atoms with Crippen molar-refractivity contribution in [3.63, 3.8) is 0 Å². The number of nitrogens with one attached hydrogen (secondary N) is 1. The van der Waals surface area contributed by atoms with Gasteiger partial charge in [0.2, 0.25) is 11.6 Å². The van der Waals surface area contributed by atoms with Crippen molar-refractivity contribution in [2.75, 3.05) is 32.1 Å². The Morgan fingerprint density at radius 3 is 2.61 bits per heavy atom. The zero-order valence-electron chi connectivity index (χ0n) is 24.1. The summed E-state index contributed by atoms with van der Waals surface area (Å²) >= 11 is 0. The number of aromatic nitrogens is 1. The van der Waals surface area contributed by atoms with E-state index < -0.39 is 35.2 Å². The predicted molar refractivity (Wildman–Crippen MR) is 158 cm³/mol. The number of aliphatic imine (C=N–C) groups is 1. The second kappa shape index (κ2) is 11.3. The first-order chi connectivity index (χ1) is 21.0.